The zero-order valence-corrected chi connectivity index (χ0v) is 20.0. The van der Waals surface area contributed by atoms with Gasteiger partial charge in [-0.25, -0.2) is 4.98 Å². The molecule has 1 atom stereocenters. The van der Waals surface area contributed by atoms with Crippen LogP contribution in [-0.4, -0.2) is 47.1 Å². The molecule has 34 heavy (non-hydrogen) atoms. The molecule has 1 fully saturated rings. The first-order valence-corrected chi connectivity index (χ1v) is 12.0. The van der Waals surface area contributed by atoms with E-state index in [9.17, 15) is 4.79 Å². The molecule has 0 saturated carbocycles. The van der Waals surface area contributed by atoms with Gasteiger partial charge in [-0.2, -0.15) is 5.26 Å². The quantitative estimate of drug-likeness (QED) is 0.620. The van der Waals surface area contributed by atoms with Crippen molar-refractivity contribution in [1.82, 2.24) is 14.9 Å². The van der Waals surface area contributed by atoms with E-state index in [-0.39, 0.29) is 12.0 Å². The normalized spacial score (nSPS) is 16.5. The van der Waals surface area contributed by atoms with Gasteiger partial charge in [-0.05, 0) is 67.5 Å². The van der Waals surface area contributed by atoms with E-state index in [1.54, 1.807) is 7.11 Å². The summed E-state index contributed by atoms with van der Waals surface area (Å²) in [5, 5.41) is 9.02. The summed E-state index contributed by atoms with van der Waals surface area (Å²) in [4.78, 5) is 23.8. The predicted molar refractivity (Wildman–Crippen MR) is 131 cm³/mol. The van der Waals surface area contributed by atoms with Crippen LogP contribution in [0.3, 0.4) is 0 Å². The van der Waals surface area contributed by atoms with Gasteiger partial charge in [0.15, 0.2) is 0 Å². The Morgan fingerprint density at radius 3 is 2.50 bits per heavy atom. The molecular formula is C28H30N4O2. The number of methoxy groups -OCH3 is 1. The van der Waals surface area contributed by atoms with Crippen LogP contribution in [-0.2, 0) is 17.6 Å². The smallest absolute Gasteiger partial charge is 0.254 e. The lowest BCUT2D eigenvalue weighted by molar-refractivity contribution is 0.0712. The Bertz CT molecular complexity index is 1240. The standard InChI is InChI=1S/C28H30N4O2/c1-17-12-18(2)24(15-23(17)27-30-25-13-22(34-3)14-26(25)31-27)28(33)32-10-8-21(9-11-32)20-6-4-19(16-29)5-7-20/h4-7,12,15,21-22H,8-11,13-14H2,1-3H3,(H,30,31). The summed E-state index contributed by atoms with van der Waals surface area (Å²) in [5.41, 5.74) is 8.00. The molecule has 3 aromatic rings. The molecule has 6 heteroatoms. The topological polar surface area (TPSA) is 82.0 Å². The van der Waals surface area contributed by atoms with Gasteiger partial charge in [0, 0.05) is 49.9 Å². The number of aromatic amines is 1. The molecule has 2 heterocycles. The molecule has 5 rings (SSSR count). The fraction of sp³-hybridized carbons (Fsp3) is 0.393. The van der Waals surface area contributed by atoms with E-state index in [4.69, 9.17) is 15.0 Å². The highest BCUT2D eigenvalue weighted by Gasteiger charge is 2.28. The molecule has 1 aromatic heterocycles. The lowest BCUT2D eigenvalue weighted by Gasteiger charge is -2.32. The third-order valence-electron chi connectivity index (χ3n) is 7.40. The lowest BCUT2D eigenvalue weighted by atomic mass is 9.88. The molecule has 2 aromatic carbocycles. The highest BCUT2D eigenvalue weighted by atomic mass is 16.5. The van der Waals surface area contributed by atoms with Crippen LogP contribution >= 0.6 is 0 Å². The molecular weight excluding hydrogens is 424 g/mol. The molecule has 0 spiro atoms. The van der Waals surface area contributed by atoms with Crippen molar-refractivity contribution in [2.24, 2.45) is 0 Å². The summed E-state index contributed by atoms with van der Waals surface area (Å²) in [6.45, 7) is 5.56. The van der Waals surface area contributed by atoms with Crippen LogP contribution in [0.2, 0.25) is 0 Å². The Labute approximate surface area is 200 Å². The molecule has 6 nitrogen and oxygen atoms in total. The number of aryl methyl sites for hydroxylation is 2. The van der Waals surface area contributed by atoms with Crippen molar-refractivity contribution in [2.45, 2.75) is 51.6 Å². The highest BCUT2D eigenvalue weighted by molar-refractivity contribution is 5.97. The van der Waals surface area contributed by atoms with E-state index in [1.807, 2.05) is 42.2 Å². The number of imidazole rings is 1. The first kappa shape index (κ1) is 22.4. The summed E-state index contributed by atoms with van der Waals surface area (Å²) in [7, 11) is 1.74. The van der Waals surface area contributed by atoms with Gasteiger partial charge >= 0.3 is 0 Å². The van der Waals surface area contributed by atoms with Gasteiger partial charge in [-0.15, -0.1) is 0 Å². The number of hydrogen-bond acceptors (Lipinski definition) is 4. The van der Waals surface area contributed by atoms with Gasteiger partial charge < -0.3 is 14.6 Å². The number of H-pyrrole nitrogens is 1. The van der Waals surface area contributed by atoms with E-state index < -0.39 is 0 Å². The number of nitriles is 1. The largest absolute Gasteiger partial charge is 0.381 e. The molecule has 1 aliphatic heterocycles. The van der Waals surface area contributed by atoms with Gasteiger partial charge in [0.05, 0.1) is 23.4 Å². The Hall–Kier alpha value is -3.43. The van der Waals surface area contributed by atoms with Crippen LogP contribution in [0.15, 0.2) is 36.4 Å². The van der Waals surface area contributed by atoms with Gasteiger partial charge in [0.1, 0.15) is 5.82 Å². The highest BCUT2D eigenvalue weighted by Crippen LogP contribution is 2.32. The van der Waals surface area contributed by atoms with Crippen molar-refractivity contribution in [3.05, 3.63) is 75.6 Å². The second kappa shape index (κ2) is 9.08. The third kappa shape index (κ3) is 4.12. The number of nitrogens with zero attached hydrogens (tertiary/aromatic N) is 3. The van der Waals surface area contributed by atoms with Crippen LogP contribution in [0.25, 0.3) is 11.4 Å². The number of hydrogen-bond donors (Lipinski definition) is 1. The summed E-state index contributed by atoms with van der Waals surface area (Å²) in [5.74, 6) is 1.36. The number of carbonyl (C=O) groups excluding carboxylic acids is 1. The number of nitrogens with one attached hydrogen (secondary N) is 1. The molecule has 1 saturated heterocycles. The van der Waals surface area contributed by atoms with Gasteiger partial charge in [-0.1, -0.05) is 18.2 Å². The fourth-order valence-corrected chi connectivity index (χ4v) is 5.35. The Morgan fingerprint density at radius 2 is 1.85 bits per heavy atom. The number of ether oxygens (including phenoxy) is 1. The first-order chi connectivity index (χ1) is 16.5. The van der Waals surface area contributed by atoms with E-state index in [0.29, 0.717) is 11.5 Å². The van der Waals surface area contributed by atoms with Crippen LogP contribution in [0.1, 0.15) is 62.8 Å². The summed E-state index contributed by atoms with van der Waals surface area (Å²) < 4.78 is 5.48. The maximum atomic E-state index is 13.5. The third-order valence-corrected chi connectivity index (χ3v) is 7.40. The number of piperidine rings is 1. The van der Waals surface area contributed by atoms with Crippen molar-refractivity contribution in [3.8, 4) is 17.5 Å². The second-order valence-electron chi connectivity index (χ2n) is 9.56. The minimum atomic E-state index is 0.0931. The molecule has 1 N–H and O–H groups in total. The molecule has 1 aliphatic carbocycles. The second-order valence-corrected chi connectivity index (χ2v) is 9.56. The van der Waals surface area contributed by atoms with E-state index in [2.05, 4.69) is 24.0 Å². The number of amides is 1. The van der Waals surface area contributed by atoms with Gasteiger partial charge in [0.25, 0.3) is 5.91 Å². The van der Waals surface area contributed by atoms with Crippen molar-refractivity contribution in [1.29, 1.82) is 5.26 Å². The minimum absolute atomic E-state index is 0.0931. The SMILES string of the molecule is COC1Cc2nc(-c3cc(C(=O)N4CCC(c5ccc(C#N)cc5)CC4)c(C)cc3C)[nH]c2C1. The fourth-order valence-electron chi connectivity index (χ4n) is 5.35. The average Bonchev–Trinajstić information content (AvgIpc) is 3.43. The number of benzene rings is 2. The maximum absolute atomic E-state index is 13.5. The Kier molecular flexibility index (Phi) is 5.97. The first-order valence-electron chi connectivity index (χ1n) is 12.0. The summed E-state index contributed by atoms with van der Waals surface area (Å²) in [6, 6.07) is 14.1. The van der Waals surface area contributed by atoms with Crippen molar-refractivity contribution < 1.29 is 9.53 Å². The average molecular weight is 455 g/mol. The van der Waals surface area contributed by atoms with E-state index >= 15 is 0 Å². The van der Waals surface area contributed by atoms with Crippen LogP contribution in [0.4, 0.5) is 0 Å². The summed E-state index contributed by atoms with van der Waals surface area (Å²) >= 11 is 0. The van der Waals surface area contributed by atoms with E-state index in [1.165, 1.54) is 5.56 Å². The molecule has 1 unspecified atom stereocenters. The monoisotopic (exact) mass is 454 g/mol. The molecule has 0 bridgehead atoms. The maximum Gasteiger partial charge on any atom is 0.254 e. The van der Waals surface area contributed by atoms with Crippen molar-refractivity contribution >= 4 is 5.91 Å². The van der Waals surface area contributed by atoms with Crippen LogP contribution < -0.4 is 0 Å². The Balaban J connectivity index is 1.32. The molecule has 0 radical (unpaired) electrons. The number of likely N-dealkylation sites (tertiary alicyclic amines) is 1. The lowest BCUT2D eigenvalue weighted by Crippen LogP contribution is -2.38. The zero-order chi connectivity index (χ0) is 23.8. The van der Waals surface area contributed by atoms with Gasteiger partial charge in [0.2, 0.25) is 0 Å². The summed E-state index contributed by atoms with van der Waals surface area (Å²) in [6.07, 6.45) is 3.74. The zero-order valence-electron chi connectivity index (χ0n) is 20.0. The molecule has 2 aliphatic rings. The number of aromatic nitrogens is 2. The minimum Gasteiger partial charge on any atom is -0.381 e. The number of rotatable bonds is 4. The predicted octanol–water partition coefficient (Wildman–Crippen LogP) is 4.70. The van der Waals surface area contributed by atoms with Gasteiger partial charge in [-0.3, -0.25) is 4.79 Å². The van der Waals surface area contributed by atoms with Crippen LogP contribution in [0, 0.1) is 25.2 Å². The van der Waals surface area contributed by atoms with Crippen molar-refractivity contribution in [2.75, 3.05) is 20.2 Å². The number of carbonyl (C=O) groups is 1. The van der Waals surface area contributed by atoms with Crippen LogP contribution in [0.5, 0.6) is 0 Å². The number of fused-ring (bicyclic) bond motifs is 1. The Morgan fingerprint density at radius 1 is 1.12 bits per heavy atom. The van der Waals surface area contributed by atoms with E-state index in [0.717, 1.165) is 78.2 Å². The van der Waals surface area contributed by atoms with Crippen molar-refractivity contribution in [3.63, 3.8) is 0 Å². The molecule has 174 valence electrons. The molecule has 1 amide bonds.